The number of carbonyl (C=O) groups is 2. The van der Waals surface area contributed by atoms with Gasteiger partial charge >= 0.3 is 0 Å². The van der Waals surface area contributed by atoms with Crippen molar-refractivity contribution in [1.29, 1.82) is 0 Å². The Bertz CT molecular complexity index is 1080. The van der Waals surface area contributed by atoms with Gasteiger partial charge in [-0.2, -0.15) is 0 Å². The fourth-order valence-corrected chi connectivity index (χ4v) is 4.92. The third-order valence-corrected chi connectivity index (χ3v) is 7.29. The first-order valence-corrected chi connectivity index (χ1v) is 11.3. The topological polar surface area (TPSA) is 97.0 Å². The SMILES string of the molecule is COCC[C@H](NC(=O)c1cccc(CN2C(=O)C3C(C)(C)[C@@]3(C)N=C2N)c1)c1ccccc1. The van der Waals surface area contributed by atoms with Crippen LogP contribution in [0, 0.1) is 11.3 Å². The van der Waals surface area contributed by atoms with Gasteiger partial charge in [-0.05, 0) is 36.6 Å². The standard InChI is InChI=1S/C26H32N4O3/c1-25(2)21-23(32)30(24(27)29-26(21,25)3)16-17-9-8-12-19(15-17)22(31)28-20(13-14-33-4)18-10-6-5-7-11-18/h5-12,15,20-21H,13-14,16H2,1-4H3,(H2,27,29)(H,28,31)/t20-,21?,26-/m0/s1. The Kier molecular flexibility index (Phi) is 6.01. The highest BCUT2D eigenvalue weighted by molar-refractivity contribution is 6.03. The first-order valence-electron chi connectivity index (χ1n) is 11.3. The number of carbonyl (C=O) groups excluding carboxylic acids is 2. The largest absolute Gasteiger partial charge is 0.385 e. The predicted octanol–water partition coefficient (Wildman–Crippen LogP) is 3.27. The zero-order chi connectivity index (χ0) is 23.8. The van der Waals surface area contributed by atoms with Gasteiger partial charge < -0.3 is 15.8 Å². The third kappa shape index (κ3) is 4.13. The molecule has 33 heavy (non-hydrogen) atoms. The summed E-state index contributed by atoms with van der Waals surface area (Å²) < 4.78 is 5.23. The minimum Gasteiger partial charge on any atom is -0.385 e. The number of nitrogens with one attached hydrogen (secondary N) is 1. The van der Waals surface area contributed by atoms with Crippen molar-refractivity contribution in [2.24, 2.45) is 22.1 Å². The fraction of sp³-hybridized carbons (Fsp3) is 0.423. The number of hydrogen-bond donors (Lipinski definition) is 2. The number of aliphatic imine (C=N–C) groups is 1. The summed E-state index contributed by atoms with van der Waals surface area (Å²) in [6.07, 6.45) is 0.664. The maximum Gasteiger partial charge on any atom is 0.251 e. The van der Waals surface area contributed by atoms with E-state index in [1.807, 2.05) is 63.2 Å². The van der Waals surface area contributed by atoms with Crippen LogP contribution in [-0.2, 0) is 16.1 Å². The number of nitrogens with two attached hydrogens (primary N) is 1. The first-order chi connectivity index (χ1) is 15.7. The van der Waals surface area contributed by atoms with Crippen LogP contribution in [0.25, 0.3) is 0 Å². The van der Waals surface area contributed by atoms with E-state index in [-0.39, 0.29) is 41.7 Å². The Hall–Kier alpha value is -3.19. The molecule has 0 spiro atoms. The van der Waals surface area contributed by atoms with Crippen LogP contribution >= 0.6 is 0 Å². The molecule has 7 nitrogen and oxygen atoms in total. The number of rotatable bonds is 8. The molecule has 2 aromatic carbocycles. The zero-order valence-electron chi connectivity index (χ0n) is 19.7. The molecule has 1 aliphatic heterocycles. The van der Waals surface area contributed by atoms with Crippen LogP contribution in [0.3, 0.4) is 0 Å². The minimum absolute atomic E-state index is 0.00596. The van der Waals surface area contributed by atoms with E-state index in [2.05, 4.69) is 10.3 Å². The van der Waals surface area contributed by atoms with E-state index in [0.717, 1.165) is 11.1 Å². The van der Waals surface area contributed by atoms with Crippen molar-refractivity contribution in [2.75, 3.05) is 13.7 Å². The molecule has 1 unspecified atom stereocenters. The van der Waals surface area contributed by atoms with E-state index >= 15 is 0 Å². The van der Waals surface area contributed by atoms with Gasteiger partial charge in [-0.3, -0.25) is 14.5 Å². The van der Waals surface area contributed by atoms with Crippen LogP contribution in [0.2, 0.25) is 0 Å². The Morgan fingerprint density at radius 2 is 1.91 bits per heavy atom. The molecule has 2 aromatic rings. The summed E-state index contributed by atoms with van der Waals surface area (Å²) >= 11 is 0. The van der Waals surface area contributed by atoms with Crippen molar-refractivity contribution >= 4 is 17.8 Å². The molecular weight excluding hydrogens is 416 g/mol. The maximum atomic E-state index is 13.1. The van der Waals surface area contributed by atoms with Crippen LogP contribution in [0.4, 0.5) is 0 Å². The molecule has 1 aliphatic carbocycles. The van der Waals surface area contributed by atoms with Crippen molar-refractivity contribution in [1.82, 2.24) is 10.2 Å². The van der Waals surface area contributed by atoms with Crippen molar-refractivity contribution < 1.29 is 14.3 Å². The lowest BCUT2D eigenvalue weighted by Crippen LogP contribution is -2.47. The van der Waals surface area contributed by atoms with E-state index in [1.165, 1.54) is 4.90 Å². The number of hydrogen-bond acceptors (Lipinski definition) is 5. The Morgan fingerprint density at radius 3 is 2.61 bits per heavy atom. The number of nitrogens with zero attached hydrogens (tertiary/aromatic N) is 2. The number of guanidine groups is 1. The molecular formula is C26H32N4O3. The van der Waals surface area contributed by atoms with Gasteiger partial charge in [-0.15, -0.1) is 0 Å². The van der Waals surface area contributed by atoms with Crippen LogP contribution in [-0.4, -0.2) is 41.9 Å². The number of fused-ring (bicyclic) bond motifs is 1. The second-order valence-electron chi connectivity index (χ2n) is 9.62. The average molecular weight is 449 g/mol. The second-order valence-corrected chi connectivity index (χ2v) is 9.62. The van der Waals surface area contributed by atoms with E-state index in [1.54, 1.807) is 19.2 Å². The molecule has 3 N–H and O–H groups in total. The average Bonchev–Trinajstić information content (AvgIpc) is 3.25. The summed E-state index contributed by atoms with van der Waals surface area (Å²) in [5, 5.41) is 3.11. The van der Waals surface area contributed by atoms with Gasteiger partial charge in [-0.25, -0.2) is 4.99 Å². The molecule has 2 aliphatic rings. The highest BCUT2D eigenvalue weighted by atomic mass is 16.5. The highest BCUT2D eigenvalue weighted by Gasteiger charge is 2.74. The van der Waals surface area contributed by atoms with Gasteiger partial charge in [-0.1, -0.05) is 56.3 Å². The Labute approximate surface area is 195 Å². The van der Waals surface area contributed by atoms with Crippen molar-refractivity contribution in [3.63, 3.8) is 0 Å². The van der Waals surface area contributed by atoms with E-state index < -0.39 is 5.54 Å². The Balaban J connectivity index is 1.49. The van der Waals surface area contributed by atoms with Gasteiger partial charge in [0, 0.05) is 24.7 Å². The van der Waals surface area contributed by atoms with Crippen LogP contribution in [0.15, 0.2) is 59.6 Å². The molecule has 1 fully saturated rings. The first kappa shape index (κ1) is 23.0. The third-order valence-electron chi connectivity index (χ3n) is 7.29. The van der Waals surface area contributed by atoms with E-state index in [4.69, 9.17) is 10.5 Å². The molecule has 174 valence electrons. The molecule has 0 saturated heterocycles. The lowest BCUT2D eigenvalue weighted by atomic mass is 10.0. The van der Waals surface area contributed by atoms with Crippen molar-refractivity contribution in [3.05, 3.63) is 71.3 Å². The van der Waals surface area contributed by atoms with Gasteiger partial charge in [0.2, 0.25) is 5.91 Å². The summed E-state index contributed by atoms with van der Waals surface area (Å²) in [4.78, 5) is 32.3. The van der Waals surface area contributed by atoms with Crippen molar-refractivity contribution in [3.8, 4) is 0 Å². The molecule has 4 rings (SSSR count). The van der Waals surface area contributed by atoms with E-state index in [9.17, 15) is 9.59 Å². The summed E-state index contributed by atoms with van der Waals surface area (Å²) in [6, 6.07) is 17.0. The molecule has 0 radical (unpaired) electrons. The smallest absolute Gasteiger partial charge is 0.251 e. The molecule has 3 atom stereocenters. The lowest BCUT2D eigenvalue weighted by molar-refractivity contribution is -0.130. The summed E-state index contributed by atoms with van der Waals surface area (Å²) in [5.74, 6) is -0.114. The van der Waals surface area contributed by atoms with Gasteiger partial charge in [0.05, 0.1) is 24.0 Å². The number of methoxy groups -OCH3 is 1. The molecule has 1 heterocycles. The molecule has 7 heteroatoms. The Morgan fingerprint density at radius 1 is 1.18 bits per heavy atom. The van der Waals surface area contributed by atoms with Gasteiger partial charge in [0.15, 0.2) is 5.96 Å². The normalized spacial score (nSPS) is 24.0. The van der Waals surface area contributed by atoms with Crippen LogP contribution in [0.5, 0.6) is 0 Å². The number of amides is 2. The number of benzene rings is 2. The zero-order valence-corrected chi connectivity index (χ0v) is 19.7. The lowest BCUT2D eigenvalue weighted by Gasteiger charge is -2.27. The van der Waals surface area contributed by atoms with Crippen LogP contribution < -0.4 is 11.1 Å². The molecule has 2 amide bonds. The predicted molar refractivity (Wildman–Crippen MR) is 127 cm³/mol. The minimum atomic E-state index is -0.430. The summed E-state index contributed by atoms with van der Waals surface area (Å²) in [5.41, 5.74) is 7.92. The second kappa shape index (κ2) is 8.63. The molecule has 0 aromatic heterocycles. The molecule has 1 saturated carbocycles. The quantitative estimate of drug-likeness (QED) is 0.648. The highest BCUT2D eigenvalue weighted by Crippen LogP contribution is 2.65. The summed E-state index contributed by atoms with van der Waals surface area (Å²) in [6.45, 7) is 6.90. The van der Waals surface area contributed by atoms with E-state index in [0.29, 0.717) is 18.6 Å². The number of ether oxygens (including phenoxy) is 1. The summed E-state index contributed by atoms with van der Waals surface area (Å²) in [7, 11) is 1.65. The van der Waals surface area contributed by atoms with Gasteiger partial charge in [0.1, 0.15) is 0 Å². The monoisotopic (exact) mass is 448 g/mol. The van der Waals surface area contributed by atoms with Gasteiger partial charge in [0.25, 0.3) is 5.91 Å². The van der Waals surface area contributed by atoms with Crippen LogP contribution in [0.1, 0.15) is 54.7 Å². The fourth-order valence-electron chi connectivity index (χ4n) is 4.92. The maximum absolute atomic E-state index is 13.1. The van der Waals surface area contributed by atoms with Crippen molar-refractivity contribution in [2.45, 2.75) is 45.3 Å². The molecule has 0 bridgehead atoms.